The van der Waals surface area contributed by atoms with E-state index in [0.717, 1.165) is 24.1 Å². The number of hydrogen-bond donors (Lipinski definition) is 1. The normalized spacial score (nSPS) is 12.4. The molecule has 0 fully saturated rings. The van der Waals surface area contributed by atoms with Gasteiger partial charge in [0.05, 0.1) is 6.04 Å². The van der Waals surface area contributed by atoms with Crippen LogP contribution in [0.15, 0.2) is 36.7 Å². The number of aryl methyl sites for hydroxylation is 2. The first kappa shape index (κ1) is 14.7. The second kappa shape index (κ2) is 6.62. The van der Waals surface area contributed by atoms with E-state index < -0.39 is 0 Å². The summed E-state index contributed by atoms with van der Waals surface area (Å²) < 4.78 is 13.6. The Balaban J connectivity index is 2.53. The van der Waals surface area contributed by atoms with Gasteiger partial charge in [-0.3, -0.25) is 4.98 Å². The van der Waals surface area contributed by atoms with Gasteiger partial charge >= 0.3 is 0 Å². The molecular weight excluding hydrogens is 251 g/mol. The van der Waals surface area contributed by atoms with Crippen LogP contribution in [-0.4, -0.2) is 11.5 Å². The molecule has 2 nitrogen and oxygen atoms in total. The van der Waals surface area contributed by atoms with Gasteiger partial charge in [-0.1, -0.05) is 19.9 Å². The number of nitrogens with zero attached hydrogens (tertiary/aromatic N) is 1. The summed E-state index contributed by atoms with van der Waals surface area (Å²) in [5, 5.41) is 3.46. The lowest BCUT2D eigenvalue weighted by Gasteiger charge is -2.23. The van der Waals surface area contributed by atoms with Crippen LogP contribution in [0.2, 0.25) is 0 Å². The summed E-state index contributed by atoms with van der Waals surface area (Å²) in [5.74, 6) is -0.194. The van der Waals surface area contributed by atoms with Crippen molar-refractivity contribution in [1.82, 2.24) is 10.3 Å². The van der Waals surface area contributed by atoms with Crippen LogP contribution in [0.25, 0.3) is 0 Å². The van der Waals surface area contributed by atoms with E-state index in [-0.39, 0.29) is 11.9 Å². The van der Waals surface area contributed by atoms with E-state index in [1.54, 1.807) is 12.3 Å². The van der Waals surface area contributed by atoms with E-state index in [4.69, 9.17) is 0 Å². The second-order valence-electron chi connectivity index (χ2n) is 4.92. The van der Waals surface area contributed by atoms with Crippen LogP contribution in [-0.2, 0) is 6.42 Å². The van der Waals surface area contributed by atoms with Gasteiger partial charge in [-0.25, -0.2) is 4.39 Å². The van der Waals surface area contributed by atoms with Crippen molar-refractivity contribution in [2.75, 3.05) is 6.54 Å². The molecule has 3 heteroatoms. The zero-order valence-corrected chi connectivity index (χ0v) is 12.3. The van der Waals surface area contributed by atoms with Gasteiger partial charge in [0.25, 0.3) is 0 Å². The SMILES string of the molecule is CCNC(c1cc(F)ccc1C)c1ccncc1CC. The molecule has 1 N–H and O–H groups in total. The maximum Gasteiger partial charge on any atom is 0.123 e. The Morgan fingerprint density at radius 2 is 2.00 bits per heavy atom. The molecule has 0 aliphatic heterocycles. The summed E-state index contributed by atoms with van der Waals surface area (Å²) in [6.45, 7) is 7.02. The molecule has 0 saturated heterocycles. The minimum atomic E-state index is -0.194. The third kappa shape index (κ3) is 3.05. The highest BCUT2D eigenvalue weighted by Gasteiger charge is 2.18. The molecule has 1 atom stereocenters. The van der Waals surface area contributed by atoms with Crippen molar-refractivity contribution in [3.8, 4) is 0 Å². The van der Waals surface area contributed by atoms with Crippen LogP contribution in [0, 0.1) is 12.7 Å². The van der Waals surface area contributed by atoms with Gasteiger partial charge in [-0.2, -0.15) is 0 Å². The zero-order chi connectivity index (χ0) is 14.5. The number of rotatable bonds is 5. The van der Waals surface area contributed by atoms with Crippen LogP contribution in [0.5, 0.6) is 0 Å². The molecule has 0 aliphatic carbocycles. The predicted octanol–water partition coefficient (Wildman–Crippen LogP) is 3.79. The summed E-state index contributed by atoms with van der Waals surface area (Å²) in [5.41, 5.74) is 4.46. The van der Waals surface area contributed by atoms with Crippen molar-refractivity contribution in [3.63, 3.8) is 0 Å². The number of benzene rings is 1. The number of halogens is 1. The van der Waals surface area contributed by atoms with E-state index in [1.807, 2.05) is 25.3 Å². The van der Waals surface area contributed by atoms with Gasteiger partial charge in [-0.05, 0) is 60.3 Å². The highest BCUT2D eigenvalue weighted by molar-refractivity contribution is 5.39. The van der Waals surface area contributed by atoms with Gasteiger partial charge < -0.3 is 5.32 Å². The maximum absolute atomic E-state index is 13.6. The van der Waals surface area contributed by atoms with E-state index in [9.17, 15) is 4.39 Å². The molecule has 0 amide bonds. The average Bonchev–Trinajstić information content (AvgIpc) is 2.47. The van der Waals surface area contributed by atoms with Crippen molar-refractivity contribution in [3.05, 3.63) is 64.7 Å². The molecule has 2 rings (SSSR count). The first-order valence-corrected chi connectivity index (χ1v) is 7.09. The van der Waals surface area contributed by atoms with Gasteiger partial charge in [0.1, 0.15) is 5.82 Å². The fraction of sp³-hybridized carbons (Fsp3) is 0.353. The van der Waals surface area contributed by atoms with E-state index >= 15 is 0 Å². The Bertz CT molecular complexity index is 581. The Morgan fingerprint density at radius 3 is 2.70 bits per heavy atom. The Hall–Kier alpha value is -1.74. The number of pyridine rings is 1. The molecule has 0 bridgehead atoms. The van der Waals surface area contributed by atoms with Gasteiger partial charge in [0.15, 0.2) is 0 Å². The van der Waals surface area contributed by atoms with Gasteiger partial charge in [0.2, 0.25) is 0 Å². The number of nitrogens with one attached hydrogen (secondary N) is 1. The molecule has 0 aliphatic rings. The maximum atomic E-state index is 13.6. The van der Waals surface area contributed by atoms with Crippen LogP contribution >= 0.6 is 0 Å². The fourth-order valence-corrected chi connectivity index (χ4v) is 2.53. The molecule has 1 aromatic heterocycles. The summed E-state index contributed by atoms with van der Waals surface area (Å²) in [4.78, 5) is 4.19. The molecule has 1 unspecified atom stereocenters. The molecule has 1 aromatic carbocycles. The molecule has 20 heavy (non-hydrogen) atoms. The van der Waals surface area contributed by atoms with Gasteiger partial charge in [0, 0.05) is 12.4 Å². The molecule has 2 aromatic rings. The Morgan fingerprint density at radius 1 is 1.20 bits per heavy atom. The van der Waals surface area contributed by atoms with Crippen LogP contribution in [0.3, 0.4) is 0 Å². The summed E-state index contributed by atoms with van der Waals surface area (Å²) in [7, 11) is 0. The lowest BCUT2D eigenvalue weighted by atomic mass is 9.92. The topological polar surface area (TPSA) is 24.9 Å². The average molecular weight is 272 g/mol. The first-order chi connectivity index (χ1) is 9.67. The Kier molecular flexibility index (Phi) is 4.85. The monoisotopic (exact) mass is 272 g/mol. The molecular formula is C17H21FN2. The minimum Gasteiger partial charge on any atom is -0.307 e. The van der Waals surface area contributed by atoms with Gasteiger partial charge in [-0.15, -0.1) is 0 Å². The van der Waals surface area contributed by atoms with Crippen molar-refractivity contribution in [2.45, 2.75) is 33.2 Å². The first-order valence-electron chi connectivity index (χ1n) is 7.09. The van der Waals surface area contributed by atoms with E-state index in [1.165, 1.54) is 17.2 Å². The molecule has 106 valence electrons. The highest BCUT2D eigenvalue weighted by Crippen LogP contribution is 2.28. The van der Waals surface area contributed by atoms with E-state index in [2.05, 4.69) is 24.1 Å². The molecule has 0 spiro atoms. The van der Waals surface area contributed by atoms with Crippen LogP contribution in [0.1, 0.15) is 42.1 Å². The van der Waals surface area contributed by atoms with Crippen molar-refractivity contribution in [1.29, 1.82) is 0 Å². The summed E-state index contributed by atoms with van der Waals surface area (Å²) in [6, 6.07) is 7.00. The third-order valence-corrected chi connectivity index (χ3v) is 3.59. The molecule has 0 radical (unpaired) electrons. The minimum absolute atomic E-state index is 0.00801. The van der Waals surface area contributed by atoms with Crippen LogP contribution in [0.4, 0.5) is 4.39 Å². The van der Waals surface area contributed by atoms with Crippen molar-refractivity contribution < 1.29 is 4.39 Å². The summed E-state index contributed by atoms with van der Waals surface area (Å²) >= 11 is 0. The zero-order valence-electron chi connectivity index (χ0n) is 12.3. The predicted molar refractivity (Wildman–Crippen MR) is 80.3 cm³/mol. The van der Waals surface area contributed by atoms with Crippen molar-refractivity contribution >= 4 is 0 Å². The highest BCUT2D eigenvalue weighted by atomic mass is 19.1. The fourth-order valence-electron chi connectivity index (χ4n) is 2.53. The second-order valence-corrected chi connectivity index (χ2v) is 4.92. The number of hydrogen-bond acceptors (Lipinski definition) is 2. The van der Waals surface area contributed by atoms with Crippen LogP contribution < -0.4 is 5.32 Å². The Labute approximate surface area is 120 Å². The quantitative estimate of drug-likeness (QED) is 0.895. The summed E-state index contributed by atoms with van der Waals surface area (Å²) in [6.07, 6.45) is 4.61. The van der Waals surface area contributed by atoms with E-state index in [0.29, 0.717) is 0 Å². The third-order valence-electron chi connectivity index (χ3n) is 3.59. The molecule has 1 heterocycles. The standard InChI is InChI=1S/C17H21FN2/c1-4-13-11-19-9-8-15(13)17(20-5-2)16-10-14(18)7-6-12(16)3/h6-11,17,20H,4-5H2,1-3H3. The van der Waals surface area contributed by atoms with Crippen molar-refractivity contribution in [2.24, 2.45) is 0 Å². The largest absolute Gasteiger partial charge is 0.307 e. The molecule has 0 saturated carbocycles. The lowest BCUT2D eigenvalue weighted by Crippen LogP contribution is -2.24. The lowest BCUT2D eigenvalue weighted by molar-refractivity contribution is 0.597. The smallest absolute Gasteiger partial charge is 0.123 e. The number of aromatic nitrogens is 1.